The van der Waals surface area contributed by atoms with Gasteiger partial charge in [0.25, 0.3) is 0 Å². The molecular weight excluding hydrogens is 420 g/mol. The van der Waals surface area contributed by atoms with Gasteiger partial charge in [-0.2, -0.15) is 0 Å². The van der Waals surface area contributed by atoms with Crippen molar-refractivity contribution in [2.24, 2.45) is 0 Å². The zero-order valence-corrected chi connectivity index (χ0v) is 19.0. The monoisotopic (exact) mass is 448 g/mol. The van der Waals surface area contributed by atoms with Crippen LogP contribution in [0, 0.1) is 6.92 Å². The van der Waals surface area contributed by atoms with Gasteiger partial charge in [0.15, 0.2) is 5.82 Å². The van der Waals surface area contributed by atoms with Crippen LogP contribution in [0.3, 0.4) is 0 Å². The van der Waals surface area contributed by atoms with Gasteiger partial charge in [-0.25, -0.2) is 4.98 Å². The first kappa shape index (κ1) is 23.2. The average Bonchev–Trinajstić information content (AvgIpc) is 3.15. The Hall–Kier alpha value is -2.51. The second-order valence-corrected chi connectivity index (χ2v) is 8.99. The Bertz CT molecular complexity index is 927. The third-order valence-electron chi connectivity index (χ3n) is 5.20. The van der Waals surface area contributed by atoms with Crippen LogP contribution >= 0.6 is 11.6 Å². The second kappa shape index (κ2) is 9.32. The van der Waals surface area contributed by atoms with E-state index in [1.54, 1.807) is 51.2 Å². The fourth-order valence-electron chi connectivity index (χ4n) is 3.38. The van der Waals surface area contributed by atoms with Crippen LogP contribution in [0.15, 0.2) is 30.5 Å². The number of aromatic nitrogens is 1. The lowest BCUT2D eigenvalue weighted by molar-refractivity contribution is -0.138. The summed E-state index contributed by atoms with van der Waals surface area (Å²) in [4.78, 5) is 17.7. The topological polar surface area (TPSA) is 92.1 Å². The van der Waals surface area contributed by atoms with Crippen molar-refractivity contribution in [1.29, 1.82) is 0 Å². The van der Waals surface area contributed by atoms with E-state index >= 15 is 0 Å². The molecule has 1 aliphatic rings. The highest BCUT2D eigenvalue weighted by molar-refractivity contribution is 6.34. The maximum absolute atomic E-state index is 11.1. The average molecular weight is 449 g/mol. The molecule has 1 aromatic carbocycles. The van der Waals surface area contributed by atoms with Gasteiger partial charge in [0.2, 0.25) is 0 Å². The molecule has 7 nitrogen and oxygen atoms in total. The summed E-state index contributed by atoms with van der Waals surface area (Å²) in [5.41, 5.74) is 0.576. The molecule has 0 aliphatic carbocycles. The minimum absolute atomic E-state index is 0.0392. The van der Waals surface area contributed by atoms with Crippen LogP contribution in [-0.2, 0) is 4.79 Å². The number of aliphatic hydroxyl groups is 1. The smallest absolute Gasteiger partial charge is 0.310 e. The van der Waals surface area contributed by atoms with Gasteiger partial charge in [0.1, 0.15) is 29.2 Å². The molecule has 31 heavy (non-hydrogen) atoms. The second-order valence-electron chi connectivity index (χ2n) is 8.61. The molecule has 2 unspecified atom stereocenters. The molecule has 0 saturated carbocycles. The number of hydrogen-bond donors (Lipinski definition) is 2. The van der Waals surface area contributed by atoms with E-state index in [0.29, 0.717) is 28.9 Å². The minimum Gasteiger partial charge on any atom is -0.489 e. The van der Waals surface area contributed by atoms with E-state index in [4.69, 9.17) is 26.2 Å². The molecule has 2 N–H and O–H groups in total. The van der Waals surface area contributed by atoms with Crippen LogP contribution in [0.2, 0.25) is 5.02 Å². The number of benzene rings is 1. The Morgan fingerprint density at radius 1 is 1.35 bits per heavy atom. The van der Waals surface area contributed by atoms with Crippen molar-refractivity contribution in [1.82, 2.24) is 4.98 Å². The van der Waals surface area contributed by atoms with Gasteiger partial charge in [-0.05, 0) is 45.4 Å². The maximum Gasteiger partial charge on any atom is 0.310 e. The third kappa shape index (κ3) is 5.80. The van der Waals surface area contributed by atoms with Crippen LogP contribution < -0.4 is 14.4 Å². The summed E-state index contributed by atoms with van der Waals surface area (Å²) < 4.78 is 11.9. The minimum atomic E-state index is -0.969. The molecule has 2 heterocycles. The Morgan fingerprint density at radius 3 is 2.65 bits per heavy atom. The van der Waals surface area contributed by atoms with Gasteiger partial charge in [-0.15, -0.1) is 0 Å². The highest BCUT2D eigenvalue weighted by Gasteiger charge is 2.28. The maximum atomic E-state index is 11.1. The van der Waals surface area contributed by atoms with Crippen molar-refractivity contribution in [3.63, 3.8) is 0 Å². The van der Waals surface area contributed by atoms with E-state index in [2.05, 4.69) is 9.88 Å². The fourth-order valence-corrected chi connectivity index (χ4v) is 3.75. The lowest BCUT2D eigenvalue weighted by Crippen LogP contribution is -2.28. The number of anilines is 1. The summed E-state index contributed by atoms with van der Waals surface area (Å²) >= 11 is 6.60. The first-order valence-electron chi connectivity index (χ1n) is 10.3. The van der Waals surface area contributed by atoms with Gasteiger partial charge < -0.3 is 24.6 Å². The zero-order chi connectivity index (χ0) is 22.8. The number of nitrogens with zero attached hydrogens (tertiary/aromatic N) is 2. The van der Waals surface area contributed by atoms with Crippen molar-refractivity contribution in [2.75, 3.05) is 24.6 Å². The number of halogens is 1. The number of carboxylic acids is 1. The van der Waals surface area contributed by atoms with Gasteiger partial charge in [0, 0.05) is 24.7 Å². The Morgan fingerprint density at radius 2 is 2.03 bits per heavy atom. The molecule has 1 saturated heterocycles. The predicted molar refractivity (Wildman–Crippen MR) is 120 cm³/mol. The van der Waals surface area contributed by atoms with Crippen LogP contribution in [0.4, 0.5) is 5.82 Å². The number of aliphatic carboxylic acids is 1. The first-order chi connectivity index (χ1) is 14.5. The molecule has 2 atom stereocenters. The molecule has 0 radical (unpaired) electrons. The molecule has 3 rings (SSSR count). The highest BCUT2D eigenvalue weighted by atomic mass is 35.5. The molecule has 0 spiro atoms. The van der Waals surface area contributed by atoms with Crippen molar-refractivity contribution in [3.8, 4) is 11.5 Å². The zero-order valence-electron chi connectivity index (χ0n) is 18.3. The number of pyridine rings is 1. The molecule has 0 bridgehead atoms. The predicted octanol–water partition coefficient (Wildman–Crippen LogP) is 4.04. The Balaban J connectivity index is 1.66. The van der Waals surface area contributed by atoms with E-state index in [1.165, 1.54) is 0 Å². The first-order valence-corrected chi connectivity index (χ1v) is 10.7. The van der Waals surface area contributed by atoms with E-state index in [9.17, 15) is 9.90 Å². The Kier molecular flexibility index (Phi) is 6.96. The molecule has 1 fully saturated rings. The molecule has 8 heteroatoms. The quantitative estimate of drug-likeness (QED) is 0.629. The summed E-state index contributed by atoms with van der Waals surface area (Å²) in [6.07, 6.45) is 2.49. The summed E-state index contributed by atoms with van der Waals surface area (Å²) in [7, 11) is 0. The highest BCUT2D eigenvalue weighted by Crippen LogP contribution is 2.37. The van der Waals surface area contributed by atoms with Gasteiger partial charge >= 0.3 is 5.97 Å². The van der Waals surface area contributed by atoms with Gasteiger partial charge in [-0.1, -0.05) is 23.7 Å². The molecular formula is C23H29ClN2O5. The van der Waals surface area contributed by atoms with Gasteiger partial charge in [-0.3, -0.25) is 4.79 Å². The fraction of sp³-hybridized carbons (Fsp3) is 0.478. The molecule has 2 aromatic rings. The number of hydrogen-bond acceptors (Lipinski definition) is 6. The van der Waals surface area contributed by atoms with Crippen LogP contribution in [0.25, 0.3) is 0 Å². The number of rotatable bonds is 8. The van der Waals surface area contributed by atoms with Crippen molar-refractivity contribution in [2.45, 2.75) is 51.7 Å². The Labute approximate surface area is 187 Å². The number of carboxylic acid groups (broad SMARTS) is 1. The molecule has 1 aromatic heterocycles. The van der Waals surface area contributed by atoms with Crippen molar-refractivity contribution < 1.29 is 24.5 Å². The van der Waals surface area contributed by atoms with E-state index in [1.807, 2.05) is 6.92 Å². The normalized spacial score (nSPS) is 17.5. The van der Waals surface area contributed by atoms with E-state index < -0.39 is 17.5 Å². The van der Waals surface area contributed by atoms with Crippen LogP contribution in [-0.4, -0.2) is 52.6 Å². The number of aryl methyl sites for hydroxylation is 1. The van der Waals surface area contributed by atoms with Crippen LogP contribution in [0.1, 0.15) is 44.2 Å². The largest absolute Gasteiger partial charge is 0.489 e. The standard InChI is InChI=1S/C23H29ClN2O5/c1-14-11-25-21(19(24)20(14)30-13-23(3,4)29)26-10-9-18(12-26)31-17-7-5-16(6-8-17)15(2)22(27)28/h5-8,11,15,18,29H,9-10,12-13H2,1-4H3,(H,27,28). The van der Waals surface area contributed by atoms with Crippen LogP contribution in [0.5, 0.6) is 11.5 Å². The van der Waals surface area contributed by atoms with Gasteiger partial charge in [0.05, 0.1) is 18.1 Å². The summed E-state index contributed by atoms with van der Waals surface area (Å²) in [6.45, 7) is 8.36. The van der Waals surface area contributed by atoms with Crippen molar-refractivity contribution >= 4 is 23.4 Å². The summed E-state index contributed by atoms with van der Waals surface area (Å²) in [5.74, 6) is 0.452. The summed E-state index contributed by atoms with van der Waals surface area (Å²) in [5, 5.41) is 19.5. The number of carbonyl (C=O) groups is 1. The SMILES string of the molecule is Cc1cnc(N2CCC(Oc3ccc(C(C)C(=O)O)cc3)C2)c(Cl)c1OCC(C)(C)O. The molecule has 1 aliphatic heterocycles. The van der Waals surface area contributed by atoms with E-state index in [0.717, 1.165) is 24.1 Å². The molecule has 168 valence electrons. The lowest BCUT2D eigenvalue weighted by atomic mass is 10.0. The number of ether oxygens (including phenoxy) is 2. The third-order valence-corrected chi connectivity index (χ3v) is 5.54. The van der Waals surface area contributed by atoms with E-state index in [-0.39, 0.29) is 12.7 Å². The van der Waals surface area contributed by atoms with Crippen molar-refractivity contribution in [3.05, 3.63) is 46.6 Å². The summed E-state index contributed by atoms with van der Waals surface area (Å²) in [6, 6.07) is 7.17. The lowest BCUT2D eigenvalue weighted by Gasteiger charge is -2.23. The molecule has 0 amide bonds.